The molecule has 3 rings (SSSR count). The third-order valence-electron chi connectivity index (χ3n) is 5.15. The molecule has 2 aromatic carbocycles. The number of phenols is 1. The molecule has 12 heteroatoms. The first-order chi connectivity index (χ1) is 15.4. The zero-order valence-electron chi connectivity index (χ0n) is 17.0. The largest absolute Gasteiger partial charge is 0.504 e. The van der Waals surface area contributed by atoms with E-state index in [4.69, 9.17) is 54.1 Å². The number of hydrogen-bond donors (Lipinski definition) is 5. The van der Waals surface area contributed by atoms with Crippen molar-refractivity contribution >= 4 is 40.8 Å². The van der Waals surface area contributed by atoms with E-state index in [0.717, 1.165) is 0 Å². The van der Waals surface area contributed by atoms with Crippen LogP contribution in [0.5, 0.6) is 17.2 Å². The fourth-order valence-electron chi connectivity index (χ4n) is 3.45. The number of aromatic hydroxyl groups is 1. The van der Waals surface area contributed by atoms with Gasteiger partial charge in [0.15, 0.2) is 17.6 Å². The minimum absolute atomic E-state index is 0.201. The highest BCUT2D eigenvalue weighted by atomic mass is 35.6. The number of carbonyl (C=O) groups is 1. The molecular weight excluding hydrogens is 503 g/mol. The fourth-order valence-corrected chi connectivity index (χ4v) is 4.21. The van der Waals surface area contributed by atoms with Gasteiger partial charge in [0.25, 0.3) is 0 Å². The van der Waals surface area contributed by atoms with Gasteiger partial charge in [-0.25, -0.2) is 4.79 Å². The second-order valence-corrected chi connectivity index (χ2v) is 9.70. The molecule has 0 aromatic heterocycles. The molecule has 0 radical (unpaired) electrons. The van der Waals surface area contributed by atoms with Crippen LogP contribution in [0, 0.1) is 0 Å². The molecule has 1 aliphatic heterocycles. The number of aliphatic hydroxyl groups is 3. The number of hydrogen-bond acceptors (Lipinski definition) is 8. The Kier molecular flexibility index (Phi) is 7.85. The lowest BCUT2D eigenvalue weighted by Gasteiger charge is -2.38. The van der Waals surface area contributed by atoms with Crippen LogP contribution in [-0.2, 0) is 9.53 Å². The lowest BCUT2D eigenvalue weighted by atomic mass is 9.92. The summed E-state index contributed by atoms with van der Waals surface area (Å²) in [5.74, 6) is -2.38. The predicted molar refractivity (Wildman–Crippen MR) is 118 cm³/mol. The van der Waals surface area contributed by atoms with Crippen molar-refractivity contribution in [3.05, 3.63) is 53.6 Å². The smallest absolute Gasteiger partial charge is 0.335 e. The van der Waals surface area contributed by atoms with Crippen molar-refractivity contribution in [2.75, 3.05) is 7.11 Å². The Morgan fingerprint density at radius 3 is 2.12 bits per heavy atom. The van der Waals surface area contributed by atoms with Gasteiger partial charge in [-0.1, -0.05) is 53.0 Å². The number of benzene rings is 2. The summed E-state index contributed by atoms with van der Waals surface area (Å²) in [6, 6.07) is 10.9. The van der Waals surface area contributed by atoms with E-state index >= 15 is 0 Å². The predicted octanol–water partition coefficient (Wildman–Crippen LogP) is 2.17. The molecule has 180 valence electrons. The second-order valence-electron chi connectivity index (χ2n) is 7.33. The fraction of sp³-hybridized carbons (Fsp3) is 0.381. The van der Waals surface area contributed by atoms with E-state index in [2.05, 4.69) is 0 Å². The minimum Gasteiger partial charge on any atom is -0.504 e. The van der Waals surface area contributed by atoms with Gasteiger partial charge in [-0.3, -0.25) is 0 Å². The molecule has 6 unspecified atom stereocenters. The number of phenolic OH excluding ortho intramolecular Hbond substituents is 1. The molecule has 0 spiro atoms. The lowest BCUT2D eigenvalue weighted by molar-refractivity contribution is -0.271. The third-order valence-corrected chi connectivity index (χ3v) is 5.80. The average molecular weight is 524 g/mol. The van der Waals surface area contributed by atoms with E-state index < -0.39 is 52.1 Å². The Morgan fingerprint density at radius 1 is 1.00 bits per heavy atom. The summed E-state index contributed by atoms with van der Waals surface area (Å²) in [7, 11) is 1.52. The molecule has 1 fully saturated rings. The molecule has 1 aliphatic rings. The zero-order chi connectivity index (χ0) is 24.5. The Bertz CT molecular complexity index is 980. The molecule has 1 saturated heterocycles. The Labute approximate surface area is 203 Å². The molecule has 5 N–H and O–H groups in total. The maximum Gasteiger partial charge on any atom is 0.335 e. The molecular formula is C21H21Cl3O9. The van der Waals surface area contributed by atoms with Gasteiger partial charge in [0.05, 0.1) is 13.0 Å². The number of methoxy groups -OCH3 is 1. The van der Waals surface area contributed by atoms with Gasteiger partial charge in [0.2, 0.25) is 10.1 Å². The molecule has 6 atom stereocenters. The van der Waals surface area contributed by atoms with Crippen LogP contribution >= 0.6 is 34.8 Å². The number of ether oxygens (including phenoxy) is 3. The maximum absolute atomic E-state index is 11.2. The van der Waals surface area contributed by atoms with Crippen molar-refractivity contribution in [2.24, 2.45) is 0 Å². The van der Waals surface area contributed by atoms with E-state index in [9.17, 15) is 25.2 Å². The van der Waals surface area contributed by atoms with Gasteiger partial charge in [0, 0.05) is 0 Å². The minimum atomic E-state index is -1.87. The van der Waals surface area contributed by atoms with Crippen molar-refractivity contribution in [1.29, 1.82) is 0 Å². The normalized spacial score (nSPS) is 26.5. The Morgan fingerprint density at radius 2 is 1.61 bits per heavy atom. The van der Waals surface area contributed by atoms with Crippen LogP contribution in [0.2, 0.25) is 0 Å². The van der Waals surface area contributed by atoms with Crippen LogP contribution in [0.1, 0.15) is 17.0 Å². The number of carboxylic acid groups (broad SMARTS) is 1. The summed E-state index contributed by atoms with van der Waals surface area (Å²) in [5, 5.41) is 49.4. The van der Waals surface area contributed by atoms with Crippen LogP contribution in [-0.4, -0.2) is 73.1 Å². The molecule has 0 bridgehead atoms. The van der Waals surface area contributed by atoms with E-state index in [0.29, 0.717) is 16.9 Å². The SMILES string of the molecule is COc1ccc(C(c2ccc(OC3OC(C(=O)O)C(O)C(O)C3O)c(O)c2)C(Cl)(Cl)Cl)cc1. The summed E-state index contributed by atoms with van der Waals surface area (Å²) in [6.45, 7) is 0. The summed E-state index contributed by atoms with van der Waals surface area (Å²) in [5.41, 5.74) is 1.03. The van der Waals surface area contributed by atoms with Gasteiger partial charge in [-0.15, -0.1) is 0 Å². The van der Waals surface area contributed by atoms with E-state index in [1.165, 1.54) is 25.3 Å². The van der Waals surface area contributed by atoms with E-state index in [1.54, 1.807) is 24.3 Å². The first-order valence-corrected chi connectivity index (χ1v) is 10.7. The molecule has 2 aromatic rings. The number of rotatable bonds is 6. The van der Waals surface area contributed by atoms with Crippen LogP contribution in [0.15, 0.2) is 42.5 Å². The third kappa shape index (κ3) is 5.58. The van der Waals surface area contributed by atoms with Crippen molar-refractivity contribution in [1.82, 2.24) is 0 Å². The monoisotopic (exact) mass is 522 g/mol. The standard InChI is InChI=1S/C21H21Cl3O9/c1-31-11-5-2-9(3-6-11)14(21(22,23)24)10-4-7-13(12(25)8-10)32-20-17(28)15(26)16(27)18(33-20)19(29)30/h2-8,14-18,20,25-28H,1H3,(H,29,30). The van der Waals surface area contributed by atoms with Crippen molar-refractivity contribution in [3.63, 3.8) is 0 Å². The van der Waals surface area contributed by atoms with Gasteiger partial charge < -0.3 is 39.7 Å². The van der Waals surface area contributed by atoms with Crippen LogP contribution in [0.3, 0.4) is 0 Å². The van der Waals surface area contributed by atoms with E-state index in [-0.39, 0.29) is 5.75 Å². The Balaban J connectivity index is 1.88. The van der Waals surface area contributed by atoms with Crippen molar-refractivity contribution in [2.45, 2.75) is 40.4 Å². The maximum atomic E-state index is 11.2. The molecule has 0 aliphatic carbocycles. The summed E-state index contributed by atoms with van der Waals surface area (Å²) in [4.78, 5) is 11.2. The molecule has 1 heterocycles. The highest BCUT2D eigenvalue weighted by Gasteiger charge is 2.48. The number of carboxylic acids is 1. The van der Waals surface area contributed by atoms with Crippen LogP contribution in [0.25, 0.3) is 0 Å². The topological polar surface area (TPSA) is 146 Å². The Hall–Kier alpha value is -1.98. The zero-order valence-corrected chi connectivity index (χ0v) is 19.3. The summed E-state index contributed by atoms with van der Waals surface area (Å²) in [6.07, 6.45) is -9.05. The quantitative estimate of drug-likeness (QED) is 0.360. The first-order valence-electron chi connectivity index (χ1n) is 9.56. The lowest BCUT2D eigenvalue weighted by Crippen LogP contribution is -2.61. The molecule has 0 amide bonds. The molecule has 0 saturated carbocycles. The number of alkyl halides is 3. The van der Waals surface area contributed by atoms with Gasteiger partial charge >= 0.3 is 5.97 Å². The number of aliphatic hydroxyl groups excluding tert-OH is 3. The van der Waals surface area contributed by atoms with Crippen molar-refractivity contribution < 1.29 is 44.5 Å². The summed E-state index contributed by atoms with van der Waals surface area (Å²) >= 11 is 18.6. The summed E-state index contributed by atoms with van der Waals surface area (Å²) < 4.78 is 13.8. The average Bonchev–Trinajstić information content (AvgIpc) is 2.75. The van der Waals surface area contributed by atoms with Crippen LogP contribution < -0.4 is 9.47 Å². The van der Waals surface area contributed by atoms with Crippen molar-refractivity contribution in [3.8, 4) is 17.2 Å². The van der Waals surface area contributed by atoms with Gasteiger partial charge in [0.1, 0.15) is 24.1 Å². The number of aliphatic carboxylic acids is 1. The second kappa shape index (κ2) is 10.1. The number of halogens is 3. The highest BCUT2D eigenvalue weighted by molar-refractivity contribution is 6.68. The first kappa shape index (κ1) is 25.6. The van der Waals surface area contributed by atoms with Gasteiger partial charge in [-0.05, 0) is 35.4 Å². The molecule has 9 nitrogen and oxygen atoms in total. The van der Waals surface area contributed by atoms with E-state index in [1.807, 2.05) is 0 Å². The highest BCUT2D eigenvalue weighted by Crippen LogP contribution is 2.47. The molecule has 33 heavy (non-hydrogen) atoms. The van der Waals surface area contributed by atoms with Gasteiger partial charge in [-0.2, -0.15) is 0 Å². The van der Waals surface area contributed by atoms with Crippen LogP contribution in [0.4, 0.5) is 0 Å².